The Morgan fingerprint density at radius 1 is 1.20 bits per heavy atom. The molecule has 3 heterocycles. The lowest BCUT2D eigenvalue weighted by molar-refractivity contribution is -0.140. The van der Waals surface area contributed by atoms with Crippen LogP contribution >= 0.6 is 11.8 Å². The number of hydrogen-bond acceptors (Lipinski definition) is 7. The molecule has 0 atom stereocenters. The van der Waals surface area contributed by atoms with Crippen LogP contribution in [0.25, 0.3) is 22.6 Å². The van der Waals surface area contributed by atoms with Crippen molar-refractivity contribution in [2.75, 3.05) is 12.4 Å². The van der Waals surface area contributed by atoms with E-state index in [0.29, 0.717) is 36.3 Å². The van der Waals surface area contributed by atoms with Crippen LogP contribution in [-0.4, -0.2) is 42.6 Å². The van der Waals surface area contributed by atoms with Crippen LogP contribution in [-0.2, 0) is 22.6 Å². The van der Waals surface area contributed by atoms with Gasteiger partial charge in [0.15, 0.2) is 16.7 Å². The number of nitrogens with one attached hydrogen (secondary N) is 1. The normalized spacial score (nSPS) is 11.2. The smallest absolute Gasteiger partial charge is 0.326 e. The maximum Gasteiger partial charge on any atom is 0.326 e. The van der Waals surface area contributed by atoms with Gasteiger partial charge in [-0.1, -0.05) is 23.9 Å². The van der Waals surface area contributed by atoms with Crippen molar-refractivity contribution in [3.05, 3.63) is 53.1 Å². The second-order valence-electron chi connectivity index (χ2n) is 6.49. The van der Waals surface area contributed by atoms with Crippen LogP contribution in [0.15, 0.2) is 57.0 Å². The van der Waals surface area contributed by atoms with Gasteiger partial charge < -0.3 is 14.1 Å². The molecule has 0 fully saturated rings. The summed E-state index contributed by atoms with van der Waals surface area (Å²) in [6.07, 6.45) is 2.13. The van der Waals surface area contributed by atoms with E-state index in [-0.39, 0.29) is 24.0 Å². The third kappa shape index (κ3) is 4.18. The van der Waals surface area contributed by atoms with Crippen LogP contribution in [0, 0.1) is 0 Å². The average molecular weight is 427 g/mol. The summed E-state index contributed by atoms with van der Waals surface area (Å²) >= 11 is 1.27. The largest absolute Gasteiger partial charge is 0.465 e. The van der Waals surface area contributed by atoms with Crippen molar-refractivity contribution in [1.29, 1.82) is 0 Å². The molecule has 0 aliphatic heterocycles. The summed E-state index contributed by atoms with van der Waals surface area (Å²) in [6, 6.07) is 11.1. The Morgan fingerprint density at radius 3 is 2.87 bits per heavy atom. The fraction of sp³-hybridized carbons (Fsp3) is 0.300. The highest BCUT2D eigenvalue weighted by molar-refractivity contribution is 7.99. The zero-order valence-electron chi connectivity index (χ0n) is 16.4. The number of carbonyl (C=O) groups excluding carboxylic acids is 1. The number of para-hydroxylation sites is 2. The number of thioether (sulfide) groups is 1. The number of benzene rings is 1. The summed E-state index contributed by atoms with van der Waals surface area (Å²) < 4.78 is 14.2. The first-order valence-corrected chi connectivity index (χ1v) is 10.6. The Hall–Kier alpha value is -3.27. The van der Waals surface area contributed by atoms with Gasteiger partial charge in [0.1, 0.15) is 0 Å². The summed E-state index contributed by atoms with van der Waals surface area (Å²) in [4.78, 5) is 27.0. The van der Waals surface area contributed by atoms with Crippen LogP contribution < -0.4 is 5.69 Å². The number of nitrogens with zero attached hydrogens (tertiary/aromatic N) is 4. The van der Waals surface area contributed by atoms with Crippen molar-refractivity contribution >= 4 is 28.8 Å². The Balaban J connectivity index is 1.27. The molecule has 0 amide bonds. The Morgan fingerprint density at radius 2 is 2.07 bits per heavy atom. The van der Waals surface area contributed by atoms with E-state index in [4.69, 9.17) is 9.15 Å². The Labute approximate surface area is 176 Å². The van der Waals surface area contributed by atoms with Gasteiger partial charge in [0, 0.05) is 13.1 Å². The molecule has 30 heavy (non-hydrogen) atoms. The minimum Gasteiger partial charge on any atom is -0.465 e. The van der Waals surface area contributed by atoms with E-state index in [1.165, 1.54) is 11.8 Å². The minimum absolute atomic E-state index is 0.128. The van der Waals surface area contributed by atoms with Gasteiger partial charge in [-0.05, 0) is 37.6 Å². The molecule has 4 rings (SSSR count). The monoisotopic (exact) mass is 427 g/mol. The van der Waals surface area contributed by atoms with Crippen LogP contribution in [0.2, 0.25) is 0 Å². The molecule has 10 heteroatoms. The van der Waals surface area contributed by atoms with Gasteiger partial charge in [-0.25, -0.2) is 4.79 Å². The maximum atomic E-state index is 12.1. The first kappa shape index (κ1) is 20.0. The molecule has 0 aliphatic carbocycles. The maximum absolute atomic E-state index is 12.1. The molecule has 0 spiro atoms. The van der Waals surface area contributed by atoms with Crippen molar-refractivity contribution in [3.63, 3.8) is 0 Å². The van der Waals surface area contributed by atoms with Gasteiger partial charge in [0.25, 0.3) is 0 Å². The molecular formula is C20H21N5O4S. The van der Waals surface area contributed by atoms with Crippen molar-refractivity contribution in [3.8, 4) is 11.6 Å². The standard InChI is InChI=1S/C20H21N5O4S/c1-2-24-18(16-9-5-11-28-16)22-23-20(24)30-13-17(26)29-12-6-10-25-15-8-4-3-7-14(15)21-19(25)27/h3-5,7-9,11H,2,6,10,12-13H2,1H3,(H,21,27). The number of esters is 1. The number of H-pyrrole nitrogens is 1. The topological polar surface area (TPSA) is 108 Å². The number of hydrogen-bond donors (Lipinski definition) is 1. The zero-order valence-corrected chi connectivity index (χ0v) is 17.2. The number of aryl methyl sites for hydroxylation is 1. The van der Waals surface area contributed by atoms with E-state index in [9.17, 15) is 9.59 Å². The molecule has 1 aromatic carbocycles. The summed E-state index contributed by atoms with van der Waals surface area (Å²) in [5.74, 6) is 1.05. The van der Waals surface area contributed by atoms with Gasteiger partial charge in [-0.2, -0.15) is 0 Å². The van der Waals surface area contributed by atoms with Gasteiger partial charge in [-0.15, -0.1) is 10.2 Å². The van der Waals surface area contributed by atoms with Crippen molar-refractivity contribution in [1.82, 2.24) is 24.3 Å². The van der Waals surface area contributed by atoms with E-state index in [1.807, 2.05) is 41.8 Å². The van der Waals surface area contributed by atoms with E-state index in [0.717, 1.165) is 11.0 Å². The molecule has 0 bridgehead atoms. The number of ether oxygens (including phenoxy) is 1. The van der Waals surface area contributed by atoms with Gasteiger partial charge in [-0.3, -0.25) is 13.9 Å². The number of fused-ring (bicyclic) bond motifs is 1. The Kier molecular flexibility index (Phi) is 6.03. The highest BCUT2D eigenvalue weighted by Gasteiger charge is 2.16. The first-order chi connectivity index (χ1) is 14.7. The molecule has 9 nitrogen and oxygen atoms in total. The van der Waals surface area contributed by atoms with E-state index in [1.54, 1.807) is 16.9 Å². The van der Waals surface area contributed by atoms with Crippen LogP contribution in [0.5, 0.6) is 0 Å². The average Bonchev–Trinajstić information content (AvgIpc) is 3.47. The molecule has 0 unspecified atom stereocenters. The molecule has 0 saturated heterocycles. The van der Waals surface area contributed by atoms with E-state index >= 15 is 0 Å². The summed E-state index contributed by atoms with van der Waals surface area (Å²) in [5, 5.41) is 8.94. The third-order valence-corrected chi connectivity index (χ3v) is 5.50. The van der Waals surface area contributed by atoms with Gasteiger partial charge >= 0.3 is 11.7 Å². The fourth-order valence-corrected chi connectivity index (χ4v) is 3.97. The highest BCUT2D eigenvalue weighted by Crippen LogP contribution is 2.24. The lowest BCUT2D eigenvalue weighted by atomic mass is 10.3. The molecule has 4 aromatic rings. The number of imidazole rings is 1. The SMILES string of the molecule is CCn1c(SCC(=O)OCCCn2c(=O)[nH]c3ccccc32)nnc1-c1ccco1. The van der Waals surface area contributed by atoms with E-state index < -0.39 is 0 Å². The number of furan rings is 1. The van der Waals surface area contributed by atoms with Crippen molar-refractivity contribution < 1.29 is 13.9 Å². The zero-order chi connectivity index (χ0) is 20.9. The lowest BCUT2D eigenvalue weighted by Gasteiger charge is -2.07. The summed E-state index contributed by atoms with van der Waals surface area (Å²) in [5.41, 5.74) is 1.48. The van der Waals surface area contributed by atoms with E-state index in [2.05, 4.69) is 15.2 Å². The number of aromatic amines is 1. The second-order valence-corrected chi connectivity index (χ2v) is 7.43. The quantitative estimate of drug-likeness (QED) is 0.249. The van der Waals surface area contributed by atoms with Crippen molar-refractivity contribution in [2.45, 2.75) is 31.6 Å². The molecule has 3 aromatic heterocycles. The summed E-state index contributed by atoms with van der Waals surface area (Å²) in [7, 11) is 0. The van der Waals surface area contributed by atoms with Crippen LogP contribution in [0.1, 0.15) is 13.3 Å². The van der Waals surface area contributed by atoms with Gasteiger partial charge in [0.2, 0.25) is 0 Å². The second kappa shape index (κ2) is 9.04. The Bertz CT molecular complexity index is 1190. The van der Waals surface area contributed by atoms with Crippen LogP contribution in [0.4, 0.5) is 0 Å². The fourth-order valence-electron chi connectivity index (χ4n) is 3.17. The van der Waals surface area contributed by atoms with Gasteiger partial charge in [0.05, 0.1) is 29.7 Å². The number of aromatic nitrogens is 5. The predicted octanol–water partition coefficient (Wildman–Crippen LogP) is 2.93. The highest BCUT2D eigenvalue weighted by atomic mass is 32.2. The van der Waals surface area contributed by atoms with Crippen LogP contribution in [0.3, 0.4) is 0 Å². The molecule has 156 valence electrons. The number of rotatable bonds is 9. The molecule has 1 N–H and O–H groups in total. The first-order valence-electron chi connectivity index (χ1n) is 9.60. The van der Waals surface area contributed by atoms with Crippen molar-refractivity contribution in [2.24, 2.45) is 0 Å². The molecule has 0 radical (unpaired) electrons. The molecule has 0 aliphatic rings. The molecule has 0 saturated carbocycles. The number of carbonyl (C=O) groups is 1. The third-order valence-electron chi connectivity index (χ3n) is 4.56. The molecular weight excluding hydrogens is 406 g/mol. The predicted molar refractivity (Wildman–Crippen MR) is 112 cm³/mol. The summed E-state index contributed by atoms with van der Waals surface area (Å²) in [6.45, 7) is 3.34. The minimum atomic E-state index is -0.337. The lowest BCUT2D eigenvalue weighted by Crippen LogP contribution is -2.18.